The Hall–Kier alpha value is -1.79. The second-order valence-corrected chi connectivity index (χ2v) is 6.23. The summed E-state index contributed by atoms with van der Waals surface area (Å²) in [7, 11) is 1.92. The predicted octanol–water partition coefficient (Wildman–Crippen LogP) is 1.83. The minimum atomic E-state index is -0.270. The average Bonchev–Trinajstić information content (AvgIpc) is 3.11. The maximum Gasteiger partial charge on any atom is 0.409 e. The molecule has 0 aliphatic carbocycles. The van der Waals surface area contributed by atoms with Gasteiger partial charge in [-0.05, 0) is 25.6 Å². The van der Waals surface area contributed by atoms with Crippen molar-refractivity contribution < 1.29 is 14.3 Å². The first-order chi connectivity index (χ1) is 11.1. The number of cyclic esters (lactones) is 1. The standard InChI is InChI=1S/C16H20ClN3O3/c1-18(8-9-19-10-11-23-16(19)22)14-6-7-20(15(14)21)13-5-3-2-4-12(13)17/h2-5,14H,6-11H2,1H3/t14-/m0/s1. The van der Waals surface area contributed by atoms with Gasteiger partial charge in [-0.3, -0.25) is 9.69 Å². The molecule has 2 aliphatic rings. The Kier molecular flexibility index (Phi) is 4.73. The van der Waals surface area contributed by atoms with E-state index in [1.54, 1.807) is 15.9 Å². The normalized spacial score (nSPS) is 21.4. The number of hydrogen-bond donors (Lipinski definition) is 0. The molecule has 7 heteroatoms. The van der Waals surface area contributed by atoms with Gasteiger partial charge in [0.25, 0.3) is 0 Å². The summed E-state index contributed by atoms with van der Waals surface area (Å²) in [6.07, 6.45) is 0.485. The first-order valence-corrected chi connectivity index (χ1v) is 8.13. The molecule has 0 spiro atoms. The molecule has 0 aromatic heterocycles. The van der Waals surface area contributed by atoms with Gasteiger partial charge in [0.2, 0.25) is 5.91 Å². The molecule has 1 aromatic carbocycles. The van der Waals surface area contributed by atoms with E-state index in [4.69, 9.17) is 16.3 Å². The number of carbonyl (C=O) groups excluding carboxylic acids is 2. The number of likely N-dealkylation sites (N-methyl/N-ethyl adjacent to an activating group) is 1. The highest BCUT2D eigenvalue weighted by Gasteiger charge is 2.36. The molecule has 0 radical (unpaired) electrons. The van der Waals surface area contributed by atoms with E-state index in [2.05, 4.69) is 0 Å². The monoisotopic (exact) mass is 337 g/mol. The van der Waals surface area contributed by atoms with Gasteiger partial charge in [-0.25, -0.2) is 4.79 Å². The lowest BCUT2D eigenvalue weighted by Crippen LogP contribution is -2.43. The number of ether oxygens (including phenoxy) is 1. The molecule has 2 saturated heterocycles. The summed E-state index contributed by atoms with van der Waals surface area (Å²) in [6, 6.07) is 7.21. The Morgan fingerprint density at radius 1 is 1.30 bits per heavy atom. The van der Waals surface area contributed by atoms with Crippen molar-refractivity contribution >= 4 is 29.3 Å². The van der Waals surface area contributed by atoms with Gasteiger partial charge < -0.3 is 14.5 Å². The minimum absolute atomic E-state index is 0.0598. The molecule has 2 amide bonds. The molecule has 124 valence electrons. The third-order valence-corrected chi connectivity index (χ3v) is 4.74. The van der Waals surface area contributed by atoms with Crippen LogP contribution in [0.1, 0.15) is 6.42 Å². The third-order valence-electron chi connectivity index (χ3n) is 4.42. The van der Waals surface area contributed by atoms with E-state index in [9.17, 15) is 9.59 Å². The van der Waals surface area contributed by atoms with Gasteiger partial charge in [-0.2, -0.15) is 0 Å². The van der Waals surface area contributed by atoms with Crippen LogP contribution in [0.4, 0.5) is 10.5 Å². The number of rotatable bonds is 5. The van der Waals surface area contributed by atoms with Gasteiger partial charge in [0.15, 0.2) is 0 Å². The maximum absolute atomic E-state index is 12.7. The van der Waals surface area contributed by atoms with E-state index in [1.807, 2.05) is 30.1 Å². The molecule has 1 aromatic rings. The van der Waals surface area contributed by atoms with Crippen molar-refractivity contribution in [3.05, 3.63) is 29.3 Å². The van der Waals surface area contributed by atoms with E-state index in [1.165, 1.54) is 0 Å². The molecule has 0 unspecified atom stereocenters. The lowest BCUT2D eigenvalue weighted by atomic mass is 10.2. The highest BCUT2D eigenvalue weighted by atomic mass is 35.5. The van der Waals surface area contributed by atoms with Gasteiger partial charge in [0.05, 0.1) is 23.3 Å². The number of carbonyl (C=O) groups is 2. The summed E-state index contributed by atoms with van der Waals surface area (Å²) in [5.41, 5.74) is 0.762. The van der Waals surface area contributed by atoms with Crippen LogP contribution in [0.25, 0.3) is 0 Å². The van der Waals surface area contributed by atoms with Crippen molar-refractivity contribution in [2.45, 2.75) is 12.5 Å². The number of nitrogens with zero attached hydrogens (tertiary/aromatic N) is 3. The second kappa shape index (κ2) is 6.76. The fourth-order valence-electron chi connectivity index (χ4n) is 3.05. The Labute approximate surface area is 140 Å². The Bertz CT molecular complexity index is 610. The SMILES string of the molecule is CN(CCN1CCOC1=O)[C@H]1CCN(c2ccccc2Cl)C1=O. The largest absolute Gasteiger partial charge is 0.448 e. The zero-order valence-electron chi connectivity index (χ0n) is 13.1. The molecule has 0 bridgehead atoms. The molecular formula is C16H20ClN3O3. The van der Waals surface area contributed by atoms with E-state index in [0.717, 1.165) is 12.1 Å². The second-order valence-electron chi connectivity index (χ2n) is 5.83. The van der Waals surface area contributed by atoms with Crippen LogP contribution in [-0.2, 0) is 9.53 Å². The summed E-state index contributed by atoms with van der Waals surface area (Å²) >= 11 is 6.19. The highest BCUT2D eigenvalue weighted by molar-refractivity contribution is 6.33. The maximum atomic E-state index is 12.7. The van der Waals surface area contributed by atoms with Gasteiger partial charge in [0, 0.05) is 19.6 Å². The van der Waals surface area contributed by atoms with Crippen molar-refractivity contribution in [2.24, 2.45) is 0 Å². The van der Waals surface area contributed by atoms with E-state index >= 15 is 0 Å². The quantitative estimate of drug-likeness (QED) is 0.822. The van der Waals surface area contributed by atoms with Crippen LogP contribution < -0.4 is 4.90 Å². The molecule has 1 atom stereocenters. The van der Waals surface area contributed by atoms with Crippen molar-refractivity contribution in [1.29, 1.82) is 0 Å². The molecule has 2 fully saturated rings. The fourth-order valence-corrected chi connectivity index (χ4v) is 3.28. The number of hydrogen-bond acceptors (Lipinski definition) is 4. The fraction of sp³-hybridized carbons (Fsp3) is 0.500. The molecule has 0 N–H and O–H groups in total. The Morgan fingerprint density at radius 3 is 2.78 bits per heavy atom. The molecule has 0 saturated carbocycles. The topological polar surface area (TPSA) is 53.1 Å². The molecule has 3 rings (SSSR count). The summed E-state index contributed by atoms with van der Waals surface area (Å²) < 4.78 is 4.91. The number of benzene rings is 1. The molecule has 2 heterocycles. The van der Waals surface area contributed by atoms with Crippen LogP contribution >= 0.6 is 11.6 Å². The molecule has 23 heavy (non-hydrogen) atoms. The van der Waals surface area contributed by atoms with Gasteiger partial charge >= 0.3 is 6.09 Å². The molecule has 6 nitrogen and oxygen atoms in total. The number of anilines is 1. The van der Waals surface area contributed by atoms with E-state index < -0.39 is 0 Å². The summed E-state index contributed by atoms with van der Waals surface area (Å²) in [5, 5.41) is 0.587. The minimum Gasteiger partial charge on any atom is -0.448 e. The summed E-state index contributed by atoms with van der Waals surface area (Å²) in [5.74, 6) is 0.0598. The Morgan fingerprint density at radius 2 is 2.09 bits per heavy atom. The van der Waals surface area contributed by atoms with Crippen molar-refractivity contribution in [3.8, 4) is 0 Å². The van der Waals surface area contributed by atoms with E-state index in [-0.39, 0.29) is 18.0 Å². The third kappa shape index (κ3) is 3.28. The highest BCUT2D eigenvalue weighted by Crippen LogP contribution is 2.30. The summed E-state index contributed by atoms with van der Waals surface area (Å²) in [4.78, 5) is 29.5. The number of para-hydroxylation sites is 1. The number of halogens is 1. The first-order valence-electron chi connectivity index (χ1n) is 7.76. The lowest BCUT2D eigenvalue weighted by Gasteiger charge is -2.25. The Balaban J connectivity index is 1.60. The molecule has 2 aliphatic heterocycles. The van der Waals surface area contributed by atoms with Crippen LogP contribution in [0.15, 0.2) is 24.3 Å². The van der Waals surface area contributed by atoms with E-state index in [0.29, 0.717) is 37.8 Å². The summed E-state index contributed by atoms with van der Waals surface area (Å²) in [6.45, 7) is 2.94. The average molecular weight is 338 g/mol. The zero-order valence-corrected chi connectivity index (χ0v) is 13.8. The first kappa shape index (κ1) is 16.1. The smallest absolute Gasteiger partial charge is 0.409 e. The molecular weight excluding hydrogens is 318 g/mol. The zero-order chi connectivity index (χ0) is 16.4. The van der Waals surface area contributed by atoms with Crippen molar-refractivity contribution in [1.82, 2.24) is 9.80 Å². The van der Waals surface area contributed by atoms with Crippen LogP contribution in [-0.4, -0.2) is 67.7 Å². The predicted molar refractivity (Wildman–Crippen MR) is 87.8 cm³/mol. The van der Waals surface area contributed by atoms with Gasteiger partial charge in [-0.15, -0.1) is 0 Å². The van der Waals surface area contributed by atoms with Crippen LogP contribution in [0, 0.1) is 0 Å². The van der Waals surface area contributed by atoms with Gasteiger partial charge in [0.1, 0.15) is 6.61 Å². The van der Waals surface area contributed by atoms with Crippen molar-refractivity contribution in [3.63, 3.8) is 0 Å². The van der Waals surface area contributed by atoms with Crippen LogP contribution in [0.3, 0.4) is 0 Å². The van der Waals surface area contributed by atoms with Crippen LogP contribution in [0.2, 0.25) is 5.02 Å². The lowest BCUT2D eigenvalue weighted by molar-refractivity contribution is -0.121. The van der Waals surface area contributed by atoms with Crippen LogP contribution in [0.5, 0.6) is 0 Å². The van der Waals surface area contributed by atoms with Crippen molar-refractivity contribution in [2.75, 3.05) is 44.7 Å². The number of amides is 2. The van der Waals surface area contributed by atoms with Gasteiger partial charge in [-0.1, -0.05) is 23.7 Å².